The lowest BCUT2D eigenvalue weighted by Crippen LogP contribution is -2.41. The fourth-order valence-electron chi connectivity index (χ4n) is 10.9. The maximum atomic E-state index is 12.8. The van der Waals surface area contributed by atoms with E-state index in [0.717, 1.165) is 49.9 Å². The lowest BCUT2D eigenvalue weighted by atomic mass is 9.96. The molecule has 0 atom stereocenters. The number of benzene rings is 6. The summed E-state index contributed by atoms with van der Waals surface area (Å²) >= 11 is 0. The Bertz CT molecular complexity index is 4200. The SMILES string of the molecule is NC(=O)C1CCN(C(=O)c2ccc(-c3cnc(N)c(C(=O)Nc4ccccc4)n3)cc2)CC1.Nc1ncc(-c2ccc(C(=O)N3CCC(CO)CC3)cc2)nc1C(=O)Nc1ccccc1.Nc1ncc(-c2ccc(C(=O)N3CCCCC3)cc2)nc1C(=O)Nc1ccccc1.[HH].[HH].[HH].[HH].[HH].[HH].[HH]. The average molecular weight is 1290 g/mol. The molecule has 0 bridgehead atoms. The number of aliphatic hydroxyl groups is 1. The highest BCUT2D eigenvalue weighted by molar-refractivity contribution is 6.08. The smallest absolute Gasteiger partial charge is 0.278 e. The second kappa shape index (κ2) is 31.5. The van der Waals surface area contributed by atoms with Crippen LogP contribution < -0.4 is 38.9 Å². The van der Waals surface area contributed by atoms with E-state index in [9.17, 15) is 38.7 Å². The molecule has 12 N–H and O–H groups in total. The third kappa shape index (κ3) is 17.2. The number of para-hydroxylation sites is 3. The molecule has 0 radical (unpaired) electrons. The van der Waals surface area contributed by atoms with Gasteiger partial charge in [0.05, 0.1) is 35.7 Å². The Morgan fingerprint density at radius 2 is 0.705 bits per heavy atom. The molecule has 3 fully saturated rings. The Kier molecular flexibility index (Phi) is 21.9. The molecular formula is C71H86N16O8. The van der Waals surface area contributed by atoms with Crippen LogP contribution in [0.1, 0.15) is 117 Å². The standard InChI is InChI=1S/C24H24N6O3.C24H25N5O3.C23H23N5O2.7H2/c25-21-20(23(32)28-18-4-2-1-3-5-18)29-19(14-27-21)15-6-8-17(9-7-15)24(33)30-12-10-16(11-13-30)22(26)31;25-22-21(23(31)27-19-4-2-1-3-5-19)28-20(14-26-22)17-6-8-18(9-7-17)24(32)29-12-10-16(15-30)11-13-29;24-21-20(22(29)26-18-7-3-1-4-8-18)27-19(15-25-21)16-9-11-17(12-10-16)23(30)28-13-5-2-6-14-28;;;;;;;/h1-9,14,16H,10-13H2,(H2,25,27)(H2,26,31)(H,28,32);1-9,14,16,30H,10-13,15H2,(H2,25,26)(H,27,31);1,3-4,7-12,15H,2,5-6,13-14H2,(H2,24,25)(H,26,29);7*1H. The summed E-state index contributed by atoms with van der Waals surface area (Å²) in [6.07, 6.45) is 10.6. The number of carbonyl (C=O) groups is 7. The van der Waals surface area contributed by atoms with Crippen LogP contribution in [0.3, 0.4) is 0 Å². The van der Waals surface area contributed by atoms with E-state index in [0.29, 0.717) is 95.4 Å². The zero-order valence-corrected chi connectivity index (χ0v) is 52.0. The number of primary amides is 1. The number of nitrogen functional groups attached to an aromatic ring is 3. The first-order chi connectivity index (χ1) is 46.1. The van der Waals surface area contributed by atoms with E-state index in [-0.39, 0.29) is 86.6 Å². The largest absolute Gasteiger partial charge is 0.396 e. The quantitative estimate of drug-likeness (QED) is 0.0501. The number of nitrogens with one attached hydrogen (secondary N) is 3. The van der Waals surface area contributed by atoms with Crippen molar-refractivity contribution in [3.8, 4) is 33.8 Å². The number of anilines is 6. The number of rotatable bonds is 14. The lowest BCUT2D eigenvalue weighted by Gasteiger charge is -2.31. The molecule has 6 aromatic carbocycles. The summed E-state index contributed by atoms with van der Waals surface area (Å²) < 4.78 is 0. The molecule has 24 nitrogen and oxygen atoms in total. The summed E-state index contributed by atoms with van der Waals surface area (Å²) in [5, 5.41) is 17.5. The van der Waals surface area contributed by atoms with E-state index in [1.807, 2.05) is 76.5 Å². The highest BCUT2D eigenvalue weighted by Crippen LogP contribution is 2.27. The molecule has 0 aliphatic carbocycles. The number of aliphatic hydroxyl groups excluding tert-OH is 1. The Morgan fingerprint density at radius 3 is 1.00 bits per heavy atom. The second-order valence-electron chi connectivity index (χ2n) is 22.9. The Morgan fingerprint density at radius 1 is 0.411 bits per heavy atom. The number of amides is 7. The van der Waals surface area contributed by atoms with E-state index in [4.69, 9.17) is 22.9 Å². The van der Waals surface area contributed by atoms with Crippen LogP contribution in [0.15, 0.2) is 182 Å². The van der Waals surface area contributed by atoms with Gasteiger partial charge in [0, 0.05) is 112 Å². The summed E-state index contributed by atoms with van der Waals surface area (Å²) in [4.78, 5) is 118. The number of piperidine rings is 3. The van der Waals surface area contributed by atoms with Crippen LogP contribution in [0.25, 0.3) is 33.8 Å². The highest BCUT2D eigenvalue weighted by atomic mass is 16.3. The van der Waals surface area contributed by atoms with Crippen molar-refractivity contribution in [3.63, 3.8) is 0 Å². The van der Waals surface area contributed by atoms with Crippen LogP contribution >= 0.6 is 0 Å². The predicted molar refractivity (Wildman–Crippen MR) is 377 cm³/mol. The molecule has 6 heterocycles. The Labute approximate surface area is 558 Å². The number of likely N-dealkylation sites (tertiary alicyclic amines) is 3. The van der Waals surface area contributed by atoms with Crippen LogP contribution in [0, 0.1) is 11.8 Å². The van der Waals surface area contributed by atoms with Gasteiger partial charge in [-0.2, -0.15) is 0 Å². The first-order valence-corrected chi connectivity index (χ1v) is 31.1. The van der Waals surface area contributed by atoms with Crippen molar-refractivity contribution in [2.45, 2.75) is 44.9 Å². The van der Waals surface area contributed by atoms with Gasteiger partial charge in [-0.15, -0.1) is 0 Å². The van der Waals surface area contributed by atoms with E-state index in [2.05, 4.69) is 45.9 Å². The van der Waals surface area contributed by atoms with Gasteiger partial charge in [-0.05, 0) is 124 Å². The topological polar surface area (TPSA) is 367 Å². The van der Waals surface area contributed by atoms with Crippen molar-refractivity contribution >= 4 is 75.9 Å². The molecule has 24 heteroatoms. The van der Waals surface area contributed by atoms with Crippen LogP contribution in [-0.2, 0) is 4.79 Å². The van der Waals surface area contributed by atoms with E-state index < -0.39 is 17.7 Å². The number of nitrogens with two attached hydrogens (primary N) is 4. The molecule has 498 valence electrons. The molecule has 12 rings (SSSR count). The molecule has 3 aliphatic heterocycles. The van der Waals surface area contributed by atoms with Crippen molar-refractivity contribution in [2.24, 2.45) is 17.6 Å². The molecule has 7 amide bonds. The third-order valence-electron chi connectivity index (χ3n) is 16.4. The fraction of sp³-hybridized carbons (Fsp3) is 0.225. The lowest BCUT2D eigenvalue weighted by molar-refractivity contribution is -0.123. The van der Waals surface area contributed by atoms with Crippen molar-refractivity contribution in [3.05, 3.63) is 216 Å². The van der Waals surface area contributed by atoms with Gasteiger partial charge < -0.3 is 58.7 Å². The number of nitrogens with zero attached hydrogens (tertiary/aromatic N) is 9. The van der Waals surface area contributed by atoms with Crippen molar-refractivity contribution in [1.29, 1.82) is 0 Å². The first-order valence-electron chi connectivity index (χ1n) is 31.1. The van der Waals surface area contributed by atoms with Crippen LogP contribution in [0.4, 0.5) is 34.5 Å². The van der Waals surface area contributed by atoms with Crippen LogP contribution in [0.2, 0.25) is 0 Å². The van der Waals surface area contributed by atoms with Gasteiger partial charge in [-0.3, -0.25) is 33.6 Å². The maximum Gasteiger partial charge on any atom is 0.278 e. The maximum absolute atomic E-state index is 12.8. The minimum Gasteiger partial charge on any atom is -0.396 e. The summed E-state index contributed by atoms with van der Waals surface area (Å²) in [5.74, 6) is -1.49. The van der Waals surface area contributed by atoms with E-state index >= 15 is 0 Å². The van der Waals surface area contributed by atoms with E-state index in [1.165, 1.54) is 25.0 Å². The molecule has 3 saturated heterocycles. The van der Waals surface area contributed by atoms with Gasteiger partial charge in [-0.1, -0.05) is 91.0 Å². The zero-order chi connectivity index (χ0) is 66.8. The number of hydrogen-bond acceptors (Lipinski definition) is 17. The van der Waals surface area contributed by atoms with E-state index in [1.54, 1.807) is 102 Å². The minimum atomic E-state index is -0.459. The number of carbonyl (C=O) groups excluding carboxylic acids is 7. The summed E-state index contributed by atoms with van der Waals surface area (Å²) in [7, 11) is 0. The monoisotopic (exact) mass is 1290 g/mol. The first kappa shape index (κ1) is 66.1. The van der Waals surface area contributed by atoms with Gasteiger partial charge in [-0.25, -0.2) is 29.9 Å². The molecular weight excluding hydrogens is 1200 g/mol. The molecule has 0 saturated carbocycles. The van der Waals surface area contributed by atoms with Gasteiger partial charge >= 0.3 is 0 Å². The third-order valence-corrected chi connectivity index (χ3v) is 16.4. The van der Waals surface area contributed by atoms with Gasteiger partial charge in [0.25, 0.3) is 35.4 Å². The number of hydrogen-bond donors (Lipinski definition) is 8. The molecule has 9 aromatic rings. The summed E-state index contributed by atoms with van der Waals surface area (Å²) in [5.41, 5.74) is 30.4. The molecule has 0 spiro atoms. The van der Waals surface area contributed by atoms with Crippen molar-refractivity contribution in [2.75, 3.05) is 79.0 Å². The molecule has 3 aliphatic rings. The van der Waals surface area contributed by atoms with Gasteiger partial charge in [0.15, 0.2) is 34.5 Å². The Hall–Kier alpha value is -11.8. The zero-order valence-electron chi connectivity index (χ0n) is 52.0. The Balaban J connectivity index is 0.000000385. The average Bonchev–Trinajstić information content (AvgIpc) is 0.825. The predicted octanol–water partition coefficient (Wildman–Crippen LogP) is 10.5. The second-order valence-corrected chi connectivity index (χ2v) is 22.9. The molecule has 0 unspecified atom stereocenters. The highest BCUT2D eigenvalue weighted by Gasteiger charge is 2.28. The minimum absolute atomic E-state index is 0. The number of aromatic nitrogens is 6. The fourth-order valence-corrected chi connectivity index (χ4v) is 10.9. The summed E-state index contributed by atoms with van der Waals surface area (Å²) in [6.45, 7) is 4.08. The van der Waals surface area contributed by atoms with Crippen molar-refractivity contribution in [1.82, 2.24) is 44.6 Å². The van der Waals surface area contributed by atoms with Crippen LogP contribution in [-0.4, -0.2) is 137 Å². The van der Waals surface area contributed by atoms with Gasteiger partial charge in [0.2, 0.25) is 5.91 Å². The van der Waals surface area contributed by atoms with Crippen LogP contribution in [0.5, 0.6) is 0 Å². The normalized spacial score (nSPS) is 14.0. The summed E-state index contributed by atoms with van der Waals surface area (Å²) in [6, 6.07) is 48.3. The molecule has 3 aromatic heterocycles. The molecule has 95 heavy (non-hydrogen) atoms. The van der Waals surface area contributed by atoms with Gasteiger partial charge in [0.1, 0.15) is 0 Å². The van der Waals surface area contributed by atoms with Crippen molar-refractivity contribution < 1.29 is 48.7 Å².